The summed E-state index contributed by atoms with van der Waals surface area (Å²) in [4.78, 5) is 36.7. The molecule has 0 spiro atoms. The van der Waals surface area contributed by atoms with Crippen LogP contribution in [0.3, 0.4) is 0 Å². The number of aliphatic imine (C=N–C) groups is 1. The van der Waals surface area contributed by atoms with Gasteiger partial charge in [-0.05, 0) is 75.8 Å². The van der Waals surface area contributed by atoms with E-state index >= 15 is 0 Å². The van der Waals surface area contributed by atoms with E-state index in [2.05, 4.69) is 43.5 Å². The van der Waals surface area contributed by atoms with Gasteiger partial charge >= 0.3 is 0 Å². The van der Waals surface area contributed by atoms with Crippen LogP contribution in [0.25, 0.3) is 0 Å². The second-order valence-electron chi connectivity index (χ2n) is 10.5. The normalized spacial score (nSPS) is 20.3. The quantitative estimate of drug-likeness (QED) is 0.546. The molecule has 2 heterocycles. The van der Waals surface area contributed by atoms with E-state index in [9.17, 15) is 9.59 Å². The molecule has 5 rings (SSSR count). The standard InChI is InChI=1S/C29H34N6O2/c1-19(2)32-28(36)23-10-12-25(13-11-23)35-26-14-21(16-34-18-30-17-31-34)6-9-24(26)15-27(35)33-29(37)22-7-4-20(3)5-8-22/h4-9,14,17-19,23,25H,10-13,15-16H2,1-3H3,(H,32,36). The number of benzene rings is 2. The van der Waals surface area contributed by atoms with E-state index in [1.807, 2.05) is 45.0 Å². The van der Waals surface area contributed by atoms with E-state index in [0.717, 1.165) is 53.9 Å². The van der Waals surface area contributed by atoms with Crippen LogP contribution in [0.15, 0.2) is 60.1 Å². The van der Waals surface area contributed by atoms with E-state index in [-0.39, 0.29) is 29.8 Å². The lowest BCUT2D eigenvalue weighted by atomic mass is 9.84. The molecular formula is C29H34N6O2. The third kappa shape index (κ3) is 5.63. The van der Waals surface area contributed by atoms with Crippen LogP contribution < -0.4 is 10.2 Å². The fourth-order valence-corrected chi connectivity index (χ4v) is 5.35. The number of carbonyl (C=O) groups excluding carboxylic acids is 2. The summed E-state index contributed by atoms with van der Waals surface area (Å²) in [6, 6.07) is 14.3. The Hall–Kier alpha value is -3.81. The predicted octanol–water partition coefficient (Wildman–Crippen LogP) is 4.32. The number of hydrogen-bond acceptors (Lipinski definition) is 4. The lowest BCUT2D eigenvalue weighted by molar-refractivity contribution is -0.126. The molecule has 0 saturated heterocycles. The van der Waals surface area contributed by atoms with Crippen molar-refractivity contribution in [3.05, 3.63) is 77.4 Å². The average molecular weight is 499 g/mol. The van der Waals surface area contributed by atoms with Crippen LogP contribution >= 0.6 is 0 Å². The van der Waals surface area contributed by atoms with Gasteiger partial charge in [0.15, 0.2) is 0 Å². The van der Waals surface area contributed by atoms with Gasteiger partial charge in [-0.1, -0.05) is 29.8 Å². The number of amides is 2. The van der Waals surface area contributed by atoms with E-state index in [4.69, 9.17) is 0 Å². The number of aromatic nitrogens is 3. The summed E-state index contributed by atoms with van der Waals surface area (Å²) < 4.78 is 1.80. The maximum absolute atomic E-state index is 13.1. The Morgan fingerprint density at radius 2 is 1.84 bits per heavy atom. The number of hydrogen-bond donors (Lipinski definition) is 1. The van der Waals surface area contributed by atoms with Gasteiger partial charge in [-0.15, -0.1) is 0 Å². The molecule has 1 aromatic heterocycles. The summed E-state index contributed by atoms with van der Waals surface area (Å²) in [5.74, 6) is 0.747. The minimum Gasteiger partial charge on any atom is -0.354 e. The van der Waals surface area contributed by atoms with Crippen molar-refractivity contribution in [3.63, 3.8) is 0 Å². The monoisotopic (exact) mass is 498 g/mol. The van der Waals surface area contributed by atoms with Crippen LogP contribution in [0.2, 0.25) is 0 Å². The third-order valence-electron chi connectivity index (χ3n) is 7.24. The molecule has 8 heteroatoms. The number of rotatable bonds is 6. The van der Waals surface area contributed by atoms with Crippen LogP contribution in [-0.4, -0.2) is 44.5 Å². The Morgan fingerprint density at radius 3 is 2.51 bits per heavy atom. The Balaban J connectivity index is 1.42. The van der Waals surface area contributed by atoms with E-state index in [1.165, 1.54) is 6.33 Å². The van der Waals surface area contributed by atoms with Gasteiger partial charge in [-0.2, -0.15) is 10.1 Å². The number of nitrogens with zero attached hydrogens (tertiary/aromatic N) is 5. The maximum atomic E-state index is 13.1. The van der Waals surface area contributed by atoms with Gasteiger partial charge in [0.1, 0.15) is 18.5 Å². The Morgan fingerprint density at radius 1 is 1.08 bits per heavy atom. The zero-order valence-electron chi connectivity index (χ0n) is 21.7. The molecule has 1 N–H and O–H groups in total. The van der Waals surface area contributed by atoms with Crippen LogP contribution in [0.4, 0.5) is 5.69 Å². The van der Waals surface area contributed by atoms with Gasteiger partial charge in [0.05, 0.1) is 6.54 Å². The molecule has 1 saturated carbocycles. The maximum Gasteiger partial charge on any atom is 0.278 e. The van der Waals surface area contributed by atoms with Gasteiger partial charge in [-0.3, -0.25) is 9.59 Å². The molecule has 0 unspecified atom stereocenters. The molecule has 1 aliphatic carbocycles. The van der Waals surface area contributed by atoms with Crippen molar-refractivity contribution in [3.8, 4) is 0 Å². The smallest absolute Gasteiger partial charge is 0.278 e. The Bertz CT molecular complexity index is 1290. The second kappa shape index (κ2) is 10.7. The van der Waals surface area contributed by atoms with E-state index < -0.39 is 0 Å². The summed E-state index contributed by atoms with van der Waals surface area (Å²) in [5, 5.41) is 7.30. The van der Waals surface area contributed by atoms with Gasteiger partial charge in [-0.25, -0.2) is 9.67 Å². The molecule has 1 aliphatic heterocycles. The van der Waals surface area contributed by atoms with E-state index in [0.29, 0.717) is 18.5 Å². The highest BCUT2D eigenvalue weighted by Gasteiger charge is 2.36. The first-order chi connectivity index (χ1) is 17.9. The molecule has 3 aromatic rings. The Labute approximate surface area is 217 Å². The molecule has 2 amide bonds. The van der Waals surface area contributed by atoms with Gasteiger partial charge in [0, 0.05) is 35.7 Å². The van der Waals surface area contributed by atoms with Crippen LogP contribution in [0.1, 0.15) is 66.6 Å². The number of aryl methyl sites for hydroxylation is 1. The van der Waals surface area contributed by atoms with Crippen molar-refractivity contribution in [1.29, 1.82) is 0 Å². The highest BCUT2D eigenvalue weighted by atomic mass is 16.2. The SMILES string of the molecule is Cc1ccc(C(=O)N=C2Cc3ccc(Cn4cncn4)cc3N2C2CCC(C(=O)NC(C)C)CC2)cc1. The van der Waals surface area contributed by atoms with Crippen LogP contribution in [0.5, 0.6) is 0 Å². The topological polar surface area (TPSA) is 92.5 Å². The van der Waals surface area contributed by atoms with Gasteiger partial charge in [0.25, 0.3) is 5.91 Å². The summed E-state index contributed by atoms with van der Waals surface area (Å²) >= 11 is 0. The zero-order valence-corrected chi connectivity index (χ0v) is 21.7. The molecular weight excluding hydrogens is 464 g/mol. The highest BCUT2D eigenvalue weighted by molar-refractivity contribution is 6.12. The first-order valence-corrected chi connectivity index (χ1v) is 13.1. The zero-order chi connectivity index (χ0) is 25.9. The average Bonchev–Trinajstić information content (AvgIpc) is 3.51. The number of fused-ring (bicyclic) bond motifs is 1. The molecule has 37 heavy (non-hydrogen) atoms. The first kappa shape index (κ1) is 24.9. The van der Waals surface area contributed by atoms with Crippen molar-refractivity contribution in [2.24, 2.45) is 10.9 Å². The van der Waals surface area contributed by atoms with Crippen molar-refractivity contribution in [2.75, 3.05) is 4.90 Å². The van der Waals surface area contributed by atoms with Crippen LogP contribution in [-0.2, 0) is 17.8 Å². The Kier molecular flexibility index (Phi) is 7.17. The van der Waals surface area contributed by atoms with Crippen molar-refractivity contribution >= 4 is 23.3 Å². The number of nitrogens with one attached hydrogen (secondary N) is 1. The highest BCUT2D eigenvalue weighted by Crippen LogP contribution is 2.38. The number of anilines is 1. The fraction of sp³-hybridized carbons (Fsp3) is 0.414. The molecule has 2 aromatic carbocycles. The summed E-state index contributed by atoms with van der Waals surface area (Å²) in [7, 11) is 0. The van der Waals surface area contributed by atoms with Crippen LogP contribution in [0, 0.1) is 12.8 Å². The fourth-order valence-electron chi connectivity index (χ4n) is 5.35. The van der Waals surface area contributed by atoms with Gasteiger partial charge in [0.2, 0.25) is 5.91 Å². The molecule has 0 atom stereocenters. The van der Waals surface area contributed by atoms with Crippen molar-refractivity contribution in [2.45, 2.75) is 71.5 Å². The first-order valence-electron chi connectivity index (χ1n) is 13.1. The number of amidine groups is 1. The molecule has 0 bridgehead atoms. The minimum atomic E-state index is -0.222. The lowest BCUT2D eigenvalue weighted by Crippen LogP contribution is -2.44. The van der Waals surface area contributed by atoms with E-state index in [1.54, 1.807) is 11.0 Å². The van der Waals surface area contributed by atoms with Crippen molar-refractivity contribution < 1.29 is 9.59 Å². The molecule has 1 fully saturated rings. The molecule has 2 aliphatic rings. The summed E-state index contributed by atoms with van der Waals surface area (Å²) in [6.07, 6.45) is 7.27. The summed E-state index contributed by atoms with van der Waals surface area (Å²) in [6.45, 7) is 6.62. The van der Waals surface area contributed by atoms with Gasteiger partial charge < -0.3 is 10.2 Å². The third-order valence-corrected chi connectivity index (χ3v) is 7.24. The number of carbonyl (C=O) groups is 2. The predicted molar refractivity (Wildman–Crippen MR) is 144 cm³/mol. The minimum absolute atomic E-state index is 0.0361. The second-order valence-corrected chi connectivity index (χ2v) is 10.5. The molecule has 192 valence electrons. The van der Waals surface area contributed by atoms with Crippen molar-refractivity contribution in [1.82, 2.24) is 20.1 Å². The lowest BCUT2D eigenvalue weighted by Gasteiger charge is -2.36. The summed E-state index contributed by atoms with van der Waals surface area (Å²) in [5.41, 5.74) is 5.08. The molecule has 0 radical (unpaired) electrons. The molecule has 8 nitrogen and oxygen atoms in total. The largest absolute Gasteiger partial charge is 0.354 e.